The molecule has 0 spiro atoms. The maximum absolute atomic E-state index is 5.77. The maximum atomic E-state index is 5.77. The molecule has 0 bridgehead atoms. The van der Waals surface area contributed by atoms with Gasteiger partial charge in [-0.25, -0.2) is 0 Å². The molecule has 2 heteroatoms. The van der Waals surface area contributed by atoms with Crippen molar-refractivity contribution in [2.45, 2.75) is 39.5 Å². The summed E-state index contributed by atoms with van der Waals surface area (Å²) in [5.41, 5.74) is 6.24. The first-order valence-corrected chi connectivity index (χ1v) is 5.59. The summed E-state index contributed by atoms with van der Waals surface area (Å²) in [6, 6.07) is 0. The van der Waals surface area contributed by atoms with E-state index < -0.39 is 0 Å². The molecule has 1 fully saturated rings. The average Bonchev–Trinajstić information content (AvgIpc) is 2.01. The van der Waals surface area contributed by atoms with Gasteiger partial charge in [0.15, 0.2) is 0 Å². The average molecular weight is 184 g/mol. The van der Waals surface area contributed by atoms with E-state index in [2.05, 4.69) is 19.2 Å². The summed E-state index contributed by atoms with van der Waals surface area (Å²) in [5, 5.41) is 3.53. The van der Waals surface area contributed by atoms with E-state index in [0.29, 0.717) is 5.41 Å². The lowest BCUT2D eigenvalue weighted by Gasteiger charge is -2.41. The largest absolute Gasteiger partial charge is 0.330 e. The number of hydrogen-bond donors (Lipinski definition) is 2. The van der Waals surface area contributed by atoms with Gasteiger partial charge in [0.25, 0.3) is 0 Å². The van der Waals surface area contributed by atoms with E-state index in [0.717, 1.165) is 25.6 Å². The lowest BCUT2D eigenvalue weighted by molar-refractivity contribution is 0.141. The van der Waals surface area contributed by atoms with E-state index >= 15 is 0 Å². The van der Waals surface area contributed by atoms with Crippen molar-refractivity contribution in [3.63, 3.8) is 0 Å². The van der Waals surface area contributed by atoms with Crippen molar-refractivity contribution in [3.8, 4) is 0 Å². The molecular formula is C11H24N2. The van der Waals surface area contributed by atoms with Gasteiger partial charge in [-0.3, -0.25) is 0 Å². The summed E-state index contributed by atoms with van der Waals surface area (Å²) in [7, 11) is 0. The van der Waals surface area contributed by atoms with Gasteiger partial charge in [0, 0.05) is 6.54 Å². The number of hydrogen-bond acceptors (Lipinski definition) is 2. The Hall–Kier alpha value is -0.0800. The van der Waals surface area contributed by atoms with E-state index in [1.54, 1.807) is 0 Å². The molecule has 2 nitrogen and oxygen atoms in total. The molecule has 0 unspecified atom stereocenters. The Kier molecular flexibility index (Phi) is 4.20. The molecule has 1 rings (SSSR count). The number of nitrogens with one attached hydrogen (secondary N) is 1. The van der Waals surface area contributed by atoms with Gasteiger partial charge in [-0.1, -0.05) is 20.3 Å². The van der Waals surface area contributed by atoms with E-state index in [1.165, 1.54) is 25.7 Å². The summed E-state index contributed by atoms with van der Waals surface area (Å²) in [6.07, 6.45) is 5.32. The Morgan fingerprint density at radius 3 is 2.46 bits per heavy atom. The summed E-state index contributed by atoms with van der Waals surface area (Å²) >= 11 is 0. The van der Waals surface area contributed by atoms with Gasteiger partial charge in [-0.2, -0.15) is 0 Å². The number of nitrogens with two attached hydrogens (primary N) is 1. The maximum Gasteiger partial charge on any atom is 0.00199 e. The third-order valence-corrected chi connectivity index (χ3v) is 3.25. The lowest BCUT2D eigenvalue weighted by Crippen LogP contribution is -2.45. The first kappa shape index (κ1) is 11.0. The Labute approximate surface area is 82.3 Å². The predicted molar refractivity (Wildman–Crippen MR) is 57.7 cm³/mol. The van der Waals surface area contributed by atoms with Crippen molar-refractivity contribution in [3.05, 3.63) is 0 Å². The lowest BCUT2D eigenvalue weighted by atomic mass is 9.69. The van der Waals surface area contributed by atoms with Crippen molar-refractivity contribution in [1.82, 2.24) is 5.32 Å². The van der Waals surface area contributed by atoms with Gasteiger partial charge in [0.05, 0.1) is 0 Å². The van der Waals surface area contributed by atoms with E-state index in [-0.39, 0.29) is 0 Å². The fraction of sp³-hybridized carbons (Fsp3) is 1.00. The van der Waals surface area contributed by atoms with E-state index in [9.17, 15) is 0 Å². The molecular weight excluding hydrogens is 160 g/mol. The van der Waals surface area contributed by atoms with Crippen LogP contribution in [0, 0.1) is 11.3 Å². The Morgan fingerprint density at radius 1 is 1.38 bits per heavy atom. The third kappa shape index (κ3) is 3.28. The molecule has 0 radical (unpaired) electrons. The minimum atomic E-state index is 0.469. The van der Waals surface area contributed by atoms with Crippen molar-refractivity contribution in [1.29, 1.82) is 0 Å². The van der Waals surface area contributed by atoms with Crippen LogP contribution in [0.2, 0.25) is 0 Å². The zero-order valence-corrected chi connectivity index (χ0v) is 9.10. The highest BCUT2D eigenvalue weighted by Crippen LogP contribution is 2.38. The minimum absolute atomic E-state index is 0.469. The molecule has 0 heterocycles. The monoisotopic (exact) mass is 184 g/mol. The molecule has 1 saturated carbocycles. The fourth-order valence-corrected chi connectivity index (χ4v) is 1.87. The van der Waals surface area contributed by atoms with Crippen LogP contribution in [-0.4, -0.2) is 19.6 Å². The van der Waals surface area contributed by atoms with Gasteiger partial charge >= 0.3 is 0 Å². The Morgan fingerprint density at radius 2 is 2.08 bits per heavy atom. The molecule has 0 saturated heterocycles. The second kappa shape index (κ2) is 4.97. The molecule has 13 heavy (non-hydrogen) atoms. The van der Waals surface area contributed by atoms with Crippen LogP contribution < -0.4 is 11.1 Å². The Bertz CT molecular complexity index is 134. The molecule has 0 aliphatic heterocycles. The molecule has 0 atom stereocenters. The second-order valence-corrected chi connectivity index (χ2v) is 4.92. The summed E-state index contributed by atoms with van der Waals surface area (Å²) in [5.74, 6) is 0.808. The molecule has 0 aromatic heterocycles. The predicted octanol–water partition coefficient (Wildman–Crippen LogP) is 1.75. The van der Waals surface area contributed by atoms with Crippen LogP contribution in [0.1, 0.15) is 39.5 Å². The topological polar surface area (TPSA) is 38.0 Å². The van der Waals surface area contributed by atoms with Crippen LogP contribution in [0.4, 0.5) is 0 Å². The summed E-state index contributed by atoms with van der Waals surface area (Å²) in [6.45, 7) is 7.69. The zero-order valence-electron chi connectivity index (χ0n) is 9.10. The molecule has 78 valence electrons. The molecule has 1 aliphatic carbocycles. The highest BCUT2D eigenvalue weighted by atomic mass is 14.9. The third-order valence-electron chi connectivity index (χ3n) is 3.25. The smallest absolute Gasteiger partial charge is 0.00199 e. The SMILES string of the molecule is CC(C)CCNCC1(CN)CCC1. The standard InChI is InChI=1S/C11H24N2/c1-10(2)4-7-13-9-11(8-12)5-3-6-11/h10,13H,3-9,12H2,1-2H3. The highest BCUT2D eigenvalue weighted by molar-refractivity contribution is 4.90. The Balaban J connectivity index is 2.04. The zero-order chi connectivity index (χ0) is 9.73. The highest BCUT2D eigenvalue weighted by Gasteiger charge is 2.34. The minimum Gasteiger partial charge on any atom is -0.330 e. The van der Waals surface area contributed by atoms with Crippen LogP contribution in [0.25, 0.3) is 0 Å². The normalized spacial score (nSPS) is 20.3. The van der Waals surface area contributed by atoms with Gasteiger partial charge in [0.2, 0.25) is 0 Å². The van der Waals surface area contributed by atoms with Crippen LogP contribution in [0.15, 0.2) is 0 Å². The van der Waals surface area contributed by atoms with Crippen LogP contribution >= 0.6 is 0 Å². The van der Waals surface area contributed by atoms with Gasteiger partial charge in [0.1, 0.15) is 0 Å². The van der Waals surface area contributed by atoms with E-state index in [4.69, 9.17) is 5.73 Å². The first-order chi connectivity index (χ1) is 6.18. The van der Waals surface area contributed by atoms with Crippen LogP contribution in [-0.2, 0) is 0 Å². The molecule has 0 amide bonds. The first-order valence-electron chi connectivity index (χ1n) is 5.59. The molecule has 0 aromatic carbocycles. The van der Waals surface area contributed by atoms with Crippen molar-refractivity contribution in [2.75, 3.05) is 19.6 Å². The van der Waals surface area contributed by atoms with Crippen LogP contribution in [0.5, 0.6) is 0 Å². The quantitative estimate of drug-likeness (QED) is 0.617. The second-order valence-electron chi connectivity index (χ2n) is 4.92. The summed E-state index contributed by atoms with van der Waals surface area (Å²) < 4.78 is 0. The van der Waals surface area contributed by atoms with Gasteiger partial charge in [-0.15, -0.1) is 0 Å². The van der Waals surface area contributed by atoms with Crippen molar-refractivity contribution >= 4 is 0 Å². The van der Waals surface area contributed by atoms with Gasteiger partial charge < -0.3 is 11.1 Å². The fourth-order valence-electron chi connectivity index (χ4n) is 1.87. The van der Waals surface area contributed by atoms with Crippen LogP contribution in [0.3, 0.4) is 0 Å². The van der Waals surface area contributed by atoms with Gasteiger partial charge in [-0.05, 0) is 43.7 Å². The number of rotatable bonds is 6. The molecule has 0 aromatic rings. The van der Waals surface area contributed by atoms with E-state index in [1.807, 2.05) is 0 Å². The van der Waals surface area contributed by atoms with Crippen molar-refractivity contribution in [2.24, 2.45) is 17.1 Å². The molecule has 3 N–H and O–H groups in total. The molecule has 1 aliphatic rings. The van der Waals surface area contributed by atoms with Crippen molar-refractivity contribution < 1.29 is 0 Å². The summed E-state index contributed by atoms with van der Waals surface area (Å²) in [4.78, 5) is 0.